The van der Waals surface area contributed by atoms with Crippen LogP contribution in [0.15, 0.2) is 29.3 Å². The lowest BCUT2D eigenvalue weighted by molar-refractivity contribution is 0.340. The van der Waals surface area contributed by atoms with Crippen LogP contribution >= 0.6 is 0 Å². The quantitative estimate of drug-likeness (QED) is 0.567. The van der Waals surface area contributed by atoms with Gasteiger partial charge in [0.2, 0.25) is 0 Å². The van der Waals surface area contributed by atoms with Gasteiger partial charge in [0.15, 0.2) is 5.96 Å². The molecule has 0 amide bonds. The minimum Gasteiger partial charge on any atom is -0.494 e. The molecular formula is C16H27N3O. The van der Waals surface area contributed by atoms with Crippen LogP contribution in [0.25, 0.3) is 0 Å². The van der Waals surface area contributed by atoms with Crippen molar-refractivity contribution in [3.63, 3.8) is 0 Å². The SMILES string of the molecule is CCOc1cccc(CCNC(N)=NCCC(C)C)c1. The average Bonchev–Trinajstić information content (AvgIpc) is 2.39. The molecule has 0 aliphatic heterocycles. The number of hydrogen-bond donors (Lipinski definition) is 2. The van der Waals surface area contributed by atoms with Crippen molar-refractivity contribution in [3.8, 4) is 5.75 Å². The standard InChI is InChI=1S/C16H27N3O/c1-4-20-15-7-5-6-14(12-15)9-11-19-16(17)18-10-8-13(2)3/h5-7,12-13H,4,8-11H2,1-3H3,(H3,17,18,19). The van der Waals surface area contributed by atoms with Crippen LogP contribution in [0, 0.1) is 5.92 Å². The van der Waals surface area contributed by atoms with E-state index in [1.807, 2.05) is 19.1 Å². The molecular weight excluding hydrogens is 250 g/mol. The van der Waals surface area contributed by atoms with E-state index in [1.165, 1.54) is 5.56 Å². The van der Waals surface area contributed by atoms with Gasteiger partial charge >= 0.3 is 0 Å². The van der Waals surface area contributed by atoms with Gasteiger partial charge < -0.3 is 15.8 Å². The maximum absolute atomic E-state index is 5.82. The summed E-state index contributed by atoms with van der Waals surface area (Å²) >= 11 is 0. The van der Waals surface area contributed by atoms with Crippen LogP contribution in [-0.4, -0.2) is 25.7 Å². The van der Waals surface area contributed by atoms with Gasteiger partial charge in [-0.05, 0) is 43.4 Å². The molecule has 0 aliphatic carbocycles. The van der Waals surface area contributed by atoms with Gasteiger partial charge in [-0.1, -0.05) is 26.0 Å². The lowest BCUT2D eigenvalue weighted by atomic mass is 10.1. The van der Waals surface area contributed by atoms with Gasteiger partial charge in [-0.15, -0.1) is 0 Å². The Morgan fingerprint density at radius 2 is 2.20 bits per heavy atom. The zero-order chi connectivity index (χ0) is 14.8. The number of ether oxygens (including phenoxy) is 1. The summed E-state index contributed by atoms with van der Waals surface area (Å²) in [5.74, 6) is 2.11. The highest BCUT2D eigenvalue weighted by molar-refractivity contribution is 5.77. The Kier molecular flexibility index (Phi) is 7.55. The van der Waals surface area contributed by atoms with Gasteiger partial charge in [0.1, 0.15) is 5.75 Å². The third-order valence-electron chi connectivity index (χ3n) is 2.92. The summed E-state index contributed by atoms with van der Waals surface area (Å²) in [5.41, 5.74) is 7.05. The topological polar surface area (TPSA) is 59.6 Å². The monoisotopic (exact) mass is 277 g/mol. The number of rotatable bonds is 8. The highest BCUT2D eigenvalue weighted by atomic mass is 16.5. The molecule has 0 atom stereocenters. The Morgan fingerprint density at radius 3 is 2.90 bits per heavy atom. The minimum absolute atomic E-state index is 0.534. The molecule has 0 bridgehead atoms. The Hall–Kier alpha value is -1.71. The first-order valence-electron chi connectivity index (χ1n) is 7.37. The lowest BCUT2D eigenvalue weighted by Crippen LogP contribution is -2.33. The minimum atomic E-state index is 0.534. The second-order valence-corrected chi connectivity index (χ2v) is 5.21. The van der Waals surface area contributed by atoms with E-state index in [9.17, 15) is 0 Å². The number of nitrogens with zero attached hydrogens (tertiary/aromatic N) is 1. The van der Waals surface area contributed by atoms with E-state index in [2.05, 4.69) is 36.3 Å². The molecule has 0 fully saturated rings. The van der Waals surface area contributed by atoms with Crippen LogP contribution < -0.4 is 15.8 Å². The van der Waals surface area contributed by atoms with Crippen LogP contribution in [0.3, 0.4) is 0 Å². The summed E-state index contributed by atoms with van der Waals surface area (Å²) in [6.07, 6.45) is 1.97. The number of nitrogens with one attached hydrogen (secondary N) is 1. The molecule has 0 aromatic heterocycles. The molecule has 0 unspecified atom stereocenters. The van der Waals surface area contributed by atoms with E-state index >= 15 is 0 Å². The largest absolute Gasteiger partial charge is 0.494 e. The molecule has 112 valence electrons. The second-order valence-electron chi connectivity index (χ2n) is 5.21. The summed E-state index contributed by atoms with van der Waals surface area (Å²) in [5, 5.41) is 3.14. The highest BCUT2D eigenvalue weighted by Crippen LogP contribution is 2.13. The molecule has 0 saturated heterocycles. The predicted octanol–water partition coefficient (Wildman–Crippen LogP) is 2.58. The summed E-state index contributed by atoms with van der Waals surface area (Å²) < 4.78 is 5.48. The van der Waals surface area contributed by atoms with Gasteiger partial charge in [-0.25, -0.2) is 0 Å². The Labute approximate surface area is 122 Å². The van der Waals surface area contributed by atoms with Crippen molar-refractivity contribution in [1.29, 1.82) is 0 Å². The maximum Gasteiger partial charge on any atom is 0.188 e. The molecule has 0 heterocycles. The van der Waals surface area contributed by atoms with Gasteiger partial charge in [0.25, 0.3) is 0 Å². The summed E-state index contributed by atoms with van der Waals surface area (Å²) in [6.45, 7) is 8.62. The second kappa shape index (κ2) is 9.23. The lowest BCUT2D eigenvalue weighted by Gasteiger charge is -2.08. The van der Waals surface area contributed by atoms with Gasteiger partial charge in [-0.3, -0.25) is 4.99 Å². The van der Waals surface area contributed by atoms with Crippen LogP contribution in [0.2, 0.25) is 0 Å². The number of hydrogen-bond acceptors (Lipinski definition) is 2. The molecule has 3 N–H and O–H groups in total. The van der Waals surface area contributed by atoms with Crippen LogP contribution in [0.4, 0.5) is 0 Å². The molecule has 0 spiro atoms. The summed E-state index contributed by atoms with van der Waals surface area (Å²) in [6, 6.07) is 8.15. The van der Waals surface area contributed by atoms with Crippen molar-refractivity contribution in [1.82, 2.24) is 5.32 Å². The van der Waals surface area contributed by atoms with Crippen molar-refractivity contribution < 1.29 is 4.74 Å². The molecule has 4 nitrogen and oxygen atoms in total. The first-order valence-corrected chi connectivity index (χ1v) is 7.37. The van der Waals surface area contributed by atoms with E-state index in [-0.39, 0.29) is 0 Å². The van der Waals surface area contributed by atoms with Crippen molar-refractivity contribution in [2.45, 2.75) is 33.6 Å². The summed E-state index contributed by atoms with van der Waals surface area (Å²) in [4.78, 5) is 4.30. The predicted molar refractivity (Wildman–Crippen MR) is 85.3 cm³/mol. The van der Waals surface area contributed by atoms with Crippen molar-refractivity contribution in [2.24, 2.45) is 16.6 Å². The smallest absolute Gasteiger partial charge is 0.188 e. The summed E-state index contributed by atoms with van der Waals surface area (Å²) in [7, 11) is 0. The zero-order valence-electron chi connectivity index (χ0n) is 12.9. The van der Waals surface area contributed by atoms with Gasteiger partial charge in [0.05, 0.1) is 6.61 Å². The fourth-order valence-electron chi connectivity index (χ4n) is 1.79. The van der Waals surface area contributed by atoms with Crippen LogP contribution in [-0.2, 0) is 6.42 Å². The molecule has 1 aromatic rings. The Bertz CT molecular complexity index is 416. The van der Waals surface area contributed by atoms with E-state index < -0.39 is 0 Å². The third-order valence-corrected chi connectivity index (χ3v) is 2.92. The van der Waals surface area contributed by atoms with Gasteiger partial charge in [0, 0.05) is 13.1 Å². The van der Waals surface area contributed by atoms with Crippen LogP contribution in [0.5, 0.6) is 5.75 Å². The molecule has 0 radical (unpaired) electrons. The molecule has 0 aliphatic rings. The molecule has 1 aromatic carbocycles. The molecule has 4 heteroatoms. The average molecular weight is 277 g/mol. The van der Waals surface area contributed by atoms with Crippen molar-refractivity contribution >= 4 is 5.96 Å². The molecule has 20 heavy (non-hydrogen) atoms. The number of aliphatic imine (C=N–C) groups is 1. The van der Waals surface area contributed by atoms with Crippen LogP contribution in [0.1, 0.15) is 32.8 Å². The zero-order valence-corrected chi connectivity index (χ0v) is 12.9. The van der Waals surface area contributed by atoms with E-state index in [4.69, 9.17) is 10.5 Å². The normalized spacial score (nSPS) is 11.7. The van der Waals surface area contributed by atoms with Crippen molar-refractivity contribution in [3.05, 3.63) is 29.8 Å². The van der Waals surface area contributed by atoms with Crippen molar-refractivity contribution in [2.75, 3.05) is 19.7 Å². The van der Waals surface area contributed by atoms with E-state index in [0.29, 0.717) is 18.5 Å². The van der Waals surface area contributed by atoms with Gasteiger partial charge in [-0.2, -0.15) is 0 Å². The molecule has 0 saturated carbocycles. The number of nitrogens with two attached hydrogens (primary N) is 1. The first-order chi connectivity index (χ1) is 9.61. The Balaban J connectivity index is 2.31. The number of benzene rings is 1. The third kappa shape index (κ3) is 7.02. The highest BCUT2D eigenvalue weighted by Gasteiger charge is 1.98. The van der Waals surface area contributed by atoms with E-state index in [1.54, 1.807) is 0 Å². The fourth-order valence-corrected chi connectivity index (χ4v) is 1.79. The maximum atomic E-state index is 5.82. The first kappa shape index (κ1) is 16.3. The number of guanidine groups is 1. The molecule has 1 rings (SSSR count). The fraction of sp³-hybridized carbons (Fsp3) is 0.562. The van der Waals surface area contributed by atoms with E-state index in [0.717, 1.165) is 31.7 Å². The Morgan fingerprint density at radius 1 is 1.40 bits per heavy atom.